The molecule has 1 aromatic rings. The van der Waals surface area contributed by atoms with Crippen LogP contribution in [0.25, 0.3) is 0 Å². The van der Waals surface area contributed by atoms with Gasteiger partial charge in [-0.2, -0.15) is 0 Å². The largest absolute Gasteiger partial charge is 0.507 e. The van der Waals surface area contributed by atoms with Gasteiger partial charge in [0, 0.05) is 12.1 Å². The smallest absolute Gasteiger partial charge is 0.328 e. The van der Waals surface area contributed by atoms with Gasteiger partial charge in [-0.25, -0.2) is 9.18 Å². The van der Waals surface area contributed by atoms with Crippen molar-refractivity contribution in [3.63, 3.8) is 0 Å². The first-order chi connectivity index (χ1) is 10.2. The number of halogens is 1. The van der Waals surface area contributed by atoms with Gasteiger partial charge in [0.2, 0.25) is 0 Å². The fourth-order valence-corrected chi connectivity index (χ4v) is 1.96. The van der Waals surface area contributed by atoms with Crippen LogP contribution in [0.1, 0.15) is 37.6 Å². The molecule has 1 amide bonds. The summed E-state index contributed by atoms with van der Waals surface area (Å²) in [7, 11) is 0. The maximum atomic E-state index is 13.8. The third-order valence-electron chi connectivity index (χ3n) is 2.87. The maximum absolute atomic E-state index is 13.8. The molecule has 1 rings (SSSR count). The van der Waals surface area contributed by atoms with Gasteiger partial charge in [-0.05, 0) is 32.9 Å². The summed E-state index contributed by atoms with van der Waals surface area (Å²) in [6, 6.07) is 3.04. The van der Waals surface area contributed by atoms with Gasteiger partial charge in [-0.3, -0.25) is 4.79 Å². The van der Waals surface area contributed by atoms with E-state index in [-0.39, 0.29) is 30.0 Å². The summed E-state index contributed by atoms with van der Waals surface area (Å²) >= 11 is 0. The molecule has 0 aromatic heterocycles. The molecule has 0 radical (unpaired) electrons. The number of amides is 1. The van der Waals surface area contributed by atoms with Gasteiger partial charge in [0.1, 0.15) is 23.0 Å². The van der Waals surface area contributed by atoms with Crippen LogP contribution in [-0.2, 0) is 9.53 Å². The van der Waals surface area contributed by atoms with E-state index in [4.69, 9.17) is 10.5 Å². The molecule has 7 heteroatoms. The number of anilines is 1. The first kappa shape index (κ1) is 17.7. The summed E-state index contributed by atoms with van der Waals surface area (Å²) in [6.45, 7) is 4.30. The van der Waals surface area contributed by atoms with Crippen molar-refractivity contribution >= 4 is 17.6 Å². The Morgan fingerprint density at radius 3 is 2.59 bits per heavy atom. The van der Waals surface area contributed by atoms with Crippen LogP contribution in [0, 0.1) is 0 Å². The predicted octanol–water partition coefficient (Wildman–Crippen LogP) is 1.77. The first-order valence-electron chi connectivity index (χ1n) is 6.89. The average molecular weight is 312 g/mol. The third kappa shape index (κ3) is 4.91. The van der Waals surface area contributed by atoms with Crippen LogP contribution >= 0.6 is 0 Å². The van der Waals surface area contributed by atoms with Gasteiger partial charge in [-0.1, -0.05) is 6.07 Å². The maximum Gasteiger partial charge on any atom is 0.328 e. The molecule has 0 saturated heterocycles. The Morgan fingerprint density at radius 2 is 2.09 bits per heavy atom. The third-order valence-corrected chi connectivity index (χ3v) is 2.87. The van der Waals surface area contributed by atoms with Crippen molar-refractivity contribution in [2.45, 2.75) is 38.9 Å². The Morgan fingerprint density at radius 1 is 1.45 bits per heavy atom. The highest BCUT2D eigenvalue weighted by atomic mass is 19.1. The second kappa shape index (κ2) is 7.11. The van der Waals surface area contributed by atoms with Gasteiger partial charge in [0.15, 0.2) is 0 Å². The lowest BCUT2D eigenvalue weighted by Crippen LogP contribution is -2.45. The lowest BCUT2D eigenvalue weighted by molar-refractivity contribution is -0.146. The van der Waals surface area contributed by atoms with Gasteiger partial charge in [-0.15, -0.1) is 0 Å². The van der Waals surface area contributed by atoms with Crippen LogP contribution in [-0.4, -0.2) is 35.3 Å². The Balaban J connectivity index is 2.98. The zero-order valence-electron chi connectivity index (χ0n) is 12.9. The van der Waals surface area contributed by atoms with Crippen molar-refractivity contribution < 1.29 is 23.8 Å². The number of phenols is 1. The molecule has 1 aromatic carbocycles. The number of rotatable bonds is 6. The number of aromatic hydroxyl groups is 1. The molecule has 6 nitrogen and oxygen atoms in total. The Kier molecular flexibility index (Phi) is 5.73. The lowest BCUT2D eigenvalue weighted by Gasteiger charge is -2.23. The lowest BCUT2D eigenvalue weighted by atomic mass is 10.00. The van der Waals surface area contributed by atoms with E-state index >= 15 is 0 Å². The van der Waals surface area contributed by atoms with Gasteiger partial charge in [0.05, 0.1) is 6.61 Å². The van der Waals surface area contributed by atoms with E-state index in [0.717, 1.165) is 0 Å². The first-order valence-corrected chi connectivity index (χ1v) is 6.89. The van der Waals surface area contributed by atoms with E-state index in [9.17, 15) is 19.1 Å². The molecular weight excluding hydrogens is 291 g/mol. The van der Waals surface area contributed by atoms with Crippen molar-refractivity contribution in [2.75, 3.05) is 12.3 Å². The molecule has 0 bridgehead atoms. The van der Waals surface area contributed by atoms with E-state index in [1.165, 1.54) is 32.0 Å². The molecule has 122 valence electrons. The summed E-state index contributed by atoms with van der Waals surface area (Å²) in [4.78, 5) is 24.1. The average Bonchev–Trinajstić information content (AvgIpc) is 2.36. The molecule has 0 aliphatic rings. The number of alkyl halides is 1. The minimum atomic E-state index is -1.69. The summed E-state index contributed by atoms with van der Waals surface area (Å²) < 4.78 is 18.7. The molecule has 0 saturated carbocycles. The van der Waals surface area contributed by atoms with E-state index < -0.39 is 23.6 Å². The molecular formula is C15H21FN2O4. The number of phenolic OH excluding ortho intramolecular Hbond substituents is 1. The van der Waals surface area contributed by atoms with Crippen LogP contribution in [0.3, 0.4) is 0 Å². The van der Waals surface area contributed by atoms with Crippen molar-refractivity contribution in [2.24, 2.45) is 0 Å². The summed E-state index contributed by atoms with van der Waals surface area (Å²) in [5, 5.41) is 12.1. The van der Waals surface area contributed by atoms with Crippen LogP contribution < -0.4 is 11.1 Å². The molecule has 22 heavy (non-hydrogen) atoms. The number of benzene rings is 1. The normalized spacial score (nSPS) is 12.5. The minimum absolute atomic E-state index is 0.0552. The van der Waals surface area contributed by atoms with Gasteiger partial charge < -0.3 is 20.9 Å². The molecule has 1 unspecified atom stereocenters. The van der Waals surface area contributed by atoms with Crippen LogP contribution in [0.15, 0.2) is 18.2 Å². The quantitative estimate of drug-likeness (QED) is 0.549. The molecule has 0 spiro atoms. The number of hydrogen-bond donors (Lipinski definition) is 3. The Bertz CT molecular complexity index is 535. The number of carbonyl (C=O) groups excluding carboxylic acids is 2. The van der Waals surface area contributed by atoms with Crippen molar-refractivity contribution in [3.8, 4) is 5.75 Å². The molecule has 0 aliphatic carbocycles. The zero-order valence-corrected chi connectivity index (χ0v) is 12.9. The van der Waals surface area contributed by atoms with Crippen LogP contribution in [0.4, 0.5) is 10.1 Å². The topological polar surface area (TPSA) is 102 Å². The Hall–Kier alpha value is -2.31. The molecule has 1 atom stereocenters. The fourth-order valence-electron chi connectivity index (χ4n) is 1.96. The van der Waals surface area contributed by atoms with E-state index in [2.05, 4.69) is 5.32 Å². The van der Waals surface area contributed by atoms with E-state index in [1.54, 1.807) is 6.92 Å². The van der Waals surface area contributed by atoms with Crippen molar-refractivity contribution in [1.29, 1.82) is 0 Å². The van der Waals surface area contributed by atoms with Crippen molar-refractivity contribution in [3.05, 3.63) is 23.8 Å². The summed E-state index contributed by atoms with van der Waals surface area (Å²) in [6.07, 6.45) is -0.259. The molecule has 0 fully saturated rings. The second-order valence-corrected chi connectivity index (χ2v) is 5.44. The molecule has 0 aliphatic heterocycles. The van der Waals surface area contributed by atoms with Gasteiger partial charge in [0.25, 0.3) is 5.91 Å². The predicted molar refractivity (Wildman–Crippen MR) is 80.2 cm³/mol. The highest BCUT2D eigenvalue weighted by Crippen LogP contribution is 2.24. The molecule has 4 N–H and O–H groups in total. The molecule has 0 heterocycles. The number of nitrogens with two attached hydrogens (primary N) is 1. The number of nitrogens with one attached hydrogen (secondary N) is 1. The Labute approximate surface area is 128 Å². The minimum Gasteiger partial charge on any atom is -0.507 e. The number of hydrogen-bond acceptors (Lipinski definition) is 5. The van der Waals surface area contributed by atoms with Crippen LogP contribution in [0.2, 0.25) is 0 Å². The fraction of sp³-hybridized carbons (Fsp3) is 0.467. The second-order valence-electron chi connectivity index (χ2n) is 5.44. The monoisotopic (exact) mass is 312 g/mol. The van der Waals surface area contributed by atoms with Crippen molar-refractivity contribution in [1.82, 2.24) is 5.32 Å². The number of esters is 1. The van der Waals surface area contributed by atoms with E-state index in [0.29, 0.717) is 0 Å². The number of ether oxygens (including phenoxy) is 1. The summed E-state index contributed by atoms with van der Waals surface area (Å²) in [5.41, 5.74) is 3.86. The SMILES string of the molecule is CCOC(=O)C(CC(C)(C)F)NC(=O)c1c(N)cccc1O. The highest BCUT2D eigenvalue weighted by molar-refractivity contribution is 6.03. The number of nitrogen functional groups attached to an aromatic ring is 1. The highest BCUT2D eigenvalue weighted by Gasteiger charge is 2.31. The zero-order chi connectivity index (χ0) is 16.9. The van der Waals surface area contributed by atoms with Gasteiger partial charge >= 0.3 is 5.97 Å². The summed E-state index contributed by atoms with van der Waals surface area (Å²) in [5.74, 6) is -1.83. The standard InChI is InChI=1S/C15H21FN2O4/c1-4-22-14(21)10(8-15(2,3)16)18-13(20)12-9(17)6-5-7-11(12)19/h5-7,10,19H,4,8,17H2,1-3H3,(H,18,20). The van der Waals surface area contributed by atoms with E-state index in [1.807, 2.05) is 0 Å². The number of carbonyl (C=O) groups is 2. The van der Waals surface area contributed by atoms with Crippen LogP contribution in [0.5, 0.6) is 5.75 Å².